The minimum Gasteiger partial charge on any atom is -0.444 e. The second-order valence-corrected chi connectivity index (χ2v) is 11.7. The number of aliphatic hydroxyl groups is 1. The molecule has 1 aromatic heterocycles. The summed E-state index contributed by atoms with van der Waals surface area (Å²) >= 11 is 0. The summed E-state index contributed by atoms with van der Waals surface area (Å²) < 4.78 is 5.31. The van der Waals surface area contributed by atoms with Crippen LogP contribution in [0.25, 0.3) is 11.1 Å². The number of carbonyl (C=O) groups excluding carboxylic acids is 2. The molecule has 0 bridgehead atoms. The van der Waals surface area contributed by atoms with Crippen molar-refractivity contribution in [3.8, 4) is 17.2 Å². The molecule has 8 nitrogen and oxygen atoms in total. The third kappa shape index (κ3) is 9.51. The lowest BCUT2D eigenvalue weighted by molar-refractivity contribution is 0.0523. The number of nitriles is 1. The number of carbonyl (C=O) groups is 2. The fraction of sp³-hybridized carbons (Fsp3) is 0.278. The van der Waals surface area contributed by atoms with E-state index < -0.39 is 11.7 Å². The van der Waals surface area contributed by atoms with Crippen molar-refractivity contribution in [3.63, 3.8) is 0 Å². The fourth-order valence-corrected chi connectivity index (χ4v) is 4.93. The summed E-state index contributed by atoms with van der Waals surface area (Å²) in [7, 11) is 0. The lowest BCUT2D eigenvalue weighted by atomic mass is 9.88. The molecule has 8 heteroatoms. The van der Waals surface area contributed by atoms with Gasteiger partial charge in [0.05, 0.1) is 11.6 Å². The number of ether oxygens (including phenoxy) is 1. The molecule has 0 aliphatic heterocycles. The normalized spacial score (nSPS) is 12.4. The van der Waals surface area contributed by atoms with Crippen LogP contribution in [-0.2, 0) is 24.1 Å². The Labute approximate surface area is 258 Å². The van der Waals surface area contributed by atoms with Crippen LogP contribution in [0.3, 0.4) is 0 Å². The first kappa shape index (κ1) is 31.9. The Balaban J connectivity index is 1.47. The molecule has 1 heterocycles. The summed E-state index contributed by atoms with van der Waals surface area (Å²) in [4.78, 5) is 29.7. The van der Waals surface area contributed by atoms with Gasteiger partial charge in [0.15, 0.2) is 0 Å². The number of hydrogen-bond acceptors (Lipinski definition) is 6. The van der Waals surface area contributed by atoms with Crippen molar-refractivity contribution in [1.82, 2.24) is 15.6 Å². The Hall–Kier alpha value is -5.00. The monoisotopic (exact) mass is 590 g/mol. The lowest BCUT2D eigenvalue weighted by Crippen LogP contribution is -2.44. The molecule has 0 saturated carbocycles. The average molecular weight is 591 g/mol. The fourth-order valence-electron chi connectivity index (χ4n) is 4.93. The van der Waals surface area contributed by atoms with E-state index in [0.29, 0.717) is 30.5 Å². The summed E-state index contributed by atoms with van der Waals surface area (Å²) in [6.45, 7) is 5.65. The van der Waals surface area contributed by atoms with Gasteiger partial charge in [-0.15, -0.1) is 0 Å². The number of amides is 2. The number of hydrogen-bond donors (Lipinski definition) is 3. The van der Waals surface area contributed by atoms with Gasteiger partial charge in [-0.3, -0.25) is 9.78 Å². The molecule has 0 fully saturated rings. The molecule has 2 atom stereocenters. The van der Waals surface area contributed by atoms with Crippen LogP contribution in [0.1, 0.15) is 53.4 Å². The van der Waals surface area contributed by atoms with Crippen molar-refractivity contribution in [2.75, 3.05) is 6.61 Å². The highest BCUT2D eigenvalue weighted by molar-refractivity contribution is 5.95. The summed E-state index contributed by atoms with van der Waals surface area (Å²) in [6, 6.07) is 28.0. The van der Waals surface area contributed by atoms with Gasteiger partial charge in [0.2, 0.25) is 0 Å². The maximum Gasteiger partial charge on any atom is 0.407 e. The van der Waals surface area contributed by atoms with E-state index in [1.807, 2.05) is 87.5 Å². The van der Waals surface area contributed by atoms with Crippen molar-refractivity contribution in [2.45, 2.75) is 51.8 Å². The molecule has 0 saturated heterocycles. The second-order valence-electron chi connectivity index (χ2n) is 11.7. The van der Waals surface area contributed by atoms with Crippen LogP contribution in [0.5, 0.6) is 0 Å². The first-order chi connectivity index (χ1) is 21.1. The Morgan fingerprint density at radius 1 is 0.909 bits per heavy atom. The Morgan fingerprint density at radius 3 is 2.32 bits per heavy atom. The number of aromatic nitrogens is 1. The number of aliphatic hydroxyl groups excluding tert-OH is 1. The van der Waals surface area contributed by atoms with Gasteiger partial charge in [-0.1, -0.05) is 48.5 Å². The van der Waals surface area contributed by atoms with Gasteiger partial charge in [0, 0.05) is 43.1 Å². The van der Waals surface area contributed by atoms with Gasteiger partial charge >= 0.3 is 6.09 Å². The van der Waals surface area contributed by atoms with E-state index in [4.69, 9.17) is 4.74 Å². The van der Waals surface area contributed by atoms with E-state index >= 15 is 0 Å². The lowest BCUT2D eigenvalue weighted by Gasteiger charge is -2.27. The zero-order valence-electron chi connectivity index (χ0n) is 25.3. The Bertz CT molecular complexity index is 1590. The van der Waals surface area contributed by atoms with Crippen molar-refractivity contribution in [2.24, 2.45) is 5.92 Å². The van der Waals surface area contributed by atoms with Crippen molar-refractivity contribution in [3.05, 3.63) is 125 Å². The van der Waals surface area contributed by atoms with Gasteiger partial charge in [-0.2, -0.15) is 5.26 Å². The van der Waals surface area contributed by atoms with Crippen molar-refractivity contribution < 1.29 is 19.4 Å². The van der Waals surface area contributed by atoms with E-state index in [9.17, 15) is 20.0 Å². The predicted molar refractivity (Wildman–Crippen MR) is 170 cm³/mol. The number of alkyl carbamates (subject to hydrolysis) is 1. The maximum absolute atomic E-state index is 13.5. The number of rotatable bonds is 11. The zero-order valence-corrected chi connectivity index (χ0v) is 25.3. The smallest absolute Gasteiger partial charge is 0.407 e. The zero-order chi connectivity index (χ0) is 31.5. The standard InChI is InChI=1S/C36H38N4O4/c1-36(2,3)44-35(43)39-23-27-9-5-11-31(19-27)29-12-14-30(15-13-29)34(42)40-33(20-28-10-6-16-38-22-28)32(24-41)18-25-7-4-8-26(17-25)21-37/h4-17,19,22,32-33,41H,18,20,23-24H2,1-3H3,(H,39,43)(H,40,42). The first-order valence-electron chi connectivity index (χ1n) is 14.6. The highest BCUT2D eigenvalue weighted by atomic mass is 16.6. The van der Waals surface area contributed by atoms with Gasteiger partial charge in [-0.25, -0.2) is 4.79 Å². The molecule has 3 aromatic carbocycles. The van der Waals surface area contributed by atoms with Gasteiger partial charge in [-0.05, 0) is 97.8 Å². The number of pyridine rings is 1. The molecule has 3 N–H and O–H groups in total. The summed E-state index contributed by atoms with van der Waals surface area (Å²) in [6.07, 6.45) is 3.97. The van der Waals surface area contributed by atoms with Crippen molar-refractivity contribution in [1.29, 1.82) is 5.26 Å². The highest BCUT2D eigenvalue weighted by Gasteiger charge is 2.25. The molecule has 4 aromatic rings. The number of benzene rings is 3. The molecular weight excluding hydrogens is 552 g/mol. The van der Waals surface area contributed by atoms with Crippen molar-refractivity contribution >= 4 is 12.0 Å². The van der Waals surface area contributed by atoms with E-state index in [-0.39, 0.29) is 24.5 Å². The highest BCUT2D eigenvalue weighted by Crippen LogP contribution is 2.22. The molecule has 0 radical (unpaired) electrons. The maximum atomic E-state index is 13.5. The van der Waals surface area contributed by atoms with Crippen LogP contribution in [-0.4, -0.2) is 40.3 Å². The third-order valence-corrected chi connectivity index (χ3v) is 7.10. The number of nitrogens with one attached hydrogen (secondary N) is 2. The minimum absolute atomic E-state index is 0.139. The molecule has 2 amide bonds. The minimum atomic E-state index is -0.568. The van der Waals surface area contributed by atoms with Crippen LogP contribution in [0.4, 0.5) is 4.79 Å². The number of nitrogens with zero attached hydrogens (tertiary/aromatic N) is 2. The topological polar surface area (TPSA) is 124 Å². The van der Waals surface area contributed by atoms with E-state index in [1.165, 1.54) is 0 Å². The van der Waals surface area contributed by atoms with Crippen LogP contribution < -0.4 is 10.6 Å². The SMILES string of the molecule is CC(C)(C)OC(=O)NCc1cccc(-c2ccc(C(=O)NC(Cc3cccnc3)C(CO)Cc3cccc(C#N)c3)cc2)c1. The first-order valence-corrected chi connectivity index (χ1v) is 14.6. The summed E-state index contributed by atoms with van der Waals surface area (Å²) in [5.41, 5.74) is 5.14. The van der Waals surface area contributed by atoms with Crippen LogP contribution in [0, 0.1) is 17.2 Å². The molecule has 0 aliphatic carbocycles. The predicted octanol–water partition coefficient (Wildman–Crippen LogP) is 5.84. The molecular formula is C36H38N4O4. The van der Waals surface area contributed by atoms with Crippen LogP contribution in [0.15, 0.2) is 97.3 Å². The summed E-state index contributed by atoms with van der Waals surface area (Å²) in [5, 5.41) is 25.6. The van der Waals surface area contributed by atoms with Gasteiger partial charge in [0.1, 0.15) is 5.60 Å². The van der Waals surface area contributed by atoms with E-state index in [1.54, 1.807) is 30.6 Å². The van der Waals surface area contributed by atoms with E-state index in [2.05, 4.69) is 21.7 Å². The largest absolute Gasteiger partial charge is 0.444 e. The Morgan fingerprint density at radius 2 is 1.64 bits per heavy atom. The van der Waals surface area contributed by atoms with Crippen LogP contribution in [0.2, 0.25) is 0 Å². The molecule has 226 valence electrons. The van der Waals surface area contributed by atoms with E-state index in [0.717, 1.165) is 27.8 Å². The summed E-state index contributed by atoms with van der Waals surface area (Å²) in [5.74, 6) is -0.533. The molecule has 0 spiro atoms. The quantitative estimate of drug-likeness (QED) is 0.202. The third-order valence-electron chi connectivity index (χ3n) is 7.10. The average Bonchev–Trinajstić information content (AvgIpc) is 3.02. The van der Waals surface area contributed by atoms with Crippen LogP contribution >= 0.6 is 0 Å². The Kier molecular flexibility index (Phi) is 10.8. The second kappa shape index (κ2) is 14.9. The molecule has 44 heavy (non-hydrogen) atoms. The van der Waals surface area contributed by atoms with Gasteiger partial charge < -0.3 is 20.5 Å². The molecule has 2 unspecified atom stereocenters. The molecule has 0 aliphatic rings. The van der Waals surface area contributed by atoms with Gasteiger partial charge in [0.25, 0.3) is 5.91 Å². The molecule has 4 rings (SSSR count).